The summed E-state index contributed by atoms with van der Waals surface area (Å²) in [4.78, 5) is 2.47. The van der Waals surface area contributed by atoms with E-state index in [4.69, 9.17) is 5.73 Å². The fraction of sp³-hybridized carbons (Fsp3) is 0.571. The van der Waals surface area contributed by atoms with Gasteiger partial charge in [0, 0.05) is 36.3 Å². The molecule has 2 fully saturated rings. The van der Waals surface area contributed by atoms with E-state index in [-0.39, 0.29) is 11.5 Å². The molecule has 0 aliphatic carbocycles. The third-order valence-electron chi connectivity index (χ3n) is 4.34. The Labute approximate surface area is 107 Å². The van der Waals surface area contributed by atoms with Gasteiger partial charge in [-0.3, -0.25) is 4.90 Å². The third-order valence-corrected chi connectivity index (χ3v) is 4.34. The Kier molecular flexibility index (Phi) is 2.92. The molecule has 0 spiro atoms. The molecule has 98 valence electrons. The molecule has 1 aromatic carbocycles. The molecule has 4 nitrogen and oxygen atoms in total. The van der Waals surface area contributed by atoms with Crippen molar-refractivity contribution in [2.24, 2.45) is 5.73 Å². The van der Waals surface area contributed by atoms with Gasteiger partial charge in [-0.1, -0.05) is 6.07 Å². The van der Waals surface area contributed by atoms with Crippen molar-refractivity contribution in [1.29, 1.82) is 0 Å². The van der Waals surface area contributed by atoms with Crippen molar-refractivity contribution in [2.45, 2.75) is 50.4 Å². The predicted molar refractivity (Wildman–Crippen MR) is 69.3 cm³/mol. The summed E-state index contributed by atoms with van der Waals surface area (Å²) in [6, 6.07) is 6.31. The molecule has 2 atom stereocenters. The van der Waals surface area contributed by atoms with Crippen LogP contribution in [-0.2, 0) is 6.54 Å². The second kappa shape index (κ2) is 4.44. The van der Waals surface area contributed by atoms with Crippen LogP contribution < -0.4 is 5.73 Å². The molecule has 2 heterocycles. The first-order valence-electron chi connectivity index (χ1n) is 6.65. The van der Waals surface area contributed by atoms with Crippen molar-refractivity contribution in [3.63, 3.8) is 0 Å². The topological polar surface area (TPSA) is 69.7 Å². The normalized spacial score (nSPS) is 31.7. The molecule has 3 rings (SSSR count). The monoisotopic (exact) mass is 248 g/mol. The van der Waals surface area contributed by atoms with E-state index in [9.17, 15) is 10.2 Å². The van der Waals surface area contributed by atoms with Crippen molar-refractivity contribution < 1.29 is 10.2 Å². The van der Waals surface area contributed by atoms with Crippen molar-refractivity contribution in [3.8, 4) is 11.5 Å². The number of nitrogens with two attached hydrogens (primary N) is 1. The van der Waals surface area contributed by atoms with Crippen LogP contribution in [0.3, 0.4) is 0 Å². The molecule has 1 aromatic rings. The molecule has 2 unspecified atom stereocenters. The third kappa shape index (κ3) is 2.06. The number of aromatic hydroxyl groups is 2. The molecular formula is C14H20N2O2. The number of nitrogens with zero attached hydrogens (tertiary/aromatic N) is 1. The summed E-state index contributed by atoms with van der Waals surface area (Å²) in [6.45, 7) is 0.758. The Morgan fingerprint density at radius 2 is 1.83 bits per heavy atom. The zero-order chi connectivity index (χ0) is 12.7. The second-order valence-corrected chi connectivity index (χ2v) is 5.60. The van der Waals surface area contributed by atoms with E-state index in [1.807, 2.05) is 0 Å². The van der Waals surface area contributed by atoms with Crippen molar-refractivity contribution >= 4 is 0 Å². The van der Waals surface area contributed by atoms with Gasteiger partial charge in [-0.05, 0) is 31.7 Å². The van der Waals surface area contributed by atoms with Crippen molar-refractivity contribution in [1.82, 2.24) is 4.90 Å². The van der Waals surface area contributed by atoms with Gasteiger partial charge < -0.3 is 15.9 Å². The van der Waals surface area contributed by atoms with E-state index in [1.54, 1.807) is 12.1 Å². The number of hydrogen-bond acceptors (Lipinski definition) is 4. The van der Waals surface area contributed by atoms with Crippen LogP contribution in [0.5, 0.6) is 11.5 Å². The lowest BCUT2D eigenvalue weighted by atomic mass is 9.97. The van der Waals surface area contributed by atoms with Crippen LogP contribution in [0, 0.1) is 0 Å². The highest BCUT2D eigenvalue weighted by molar-refractivity contribution is 5.39. The summed E-state index contributed by atoms with van der Waals surface area (Å²) in [5, 5.41) is 19.2. The molecule has 2 saturated heterocycles. The fourth-order valence-electron chi connectivity index (χ4n) is 3.46. The Morgan fingerprint density at radius 3 is 2.44 bits per heavy atom. The van der Waals surface area contributed by atoms with Crippen LogP contribution >= 0.6 is 0 Å². The molecule has 2 aliphatic rings. The minimum atomic E-state index is 0.111. The number of fused-ring (bicyclic) bond motifs is 2. The maximum atomic E-state index is 9.86. The van der Waals surface area contributed by atoms with Crippen LogP contribution in [0.4, 0.5) is 0 Å². The fourth-order valence-corrected chi connectivity index (χ4v) is 3.46. The molecule has 2 aliphatic heterocycles. The molecule has 4 heteroatoms. The Bertz CT molecular complexity index is 435. The maximum Gasteiger partial charge on any atom is 0.123 e. The maximum absolute atomic E-state index is 9.86. The van der Waals surface area contributed by atoms with Gasteiger partial charge in [-0.25, -0.2) is 0 Å². The lowest BCUT2D eigenvalue weighted by Crippen LogP contribution is -2.46. The summed E-state index contributed by atoms with van der Waals surface area (Å²) in [5.41, 5.74) is 6.94. The highest BCUT2D eigenvalue weighted by Crippen LogP contribution is 2.37. The minimum absolute atomic E-state index is 0.111. The van der Waals surface area contributed by atoms with E-state index in [0.717, 1.165) is 24.9 Å². The van der Waals surface area contributed by atoms with E-state index in [1.165, 1.54) is 18.9 Å². The first kappa shape index (κ1) is 11.8. The van der Waals surface area contributed by atoms with Gasteiger partial charge in [0.1, 0.15) is 11.5 Å². The van der Waals surface area contributed by atoms with Crippen LogP contribution in [0.25, 0.3) is 0 Å². The highest BCUT2D eigenvalue weighted by atomic mass is 16.3. The zero-order valence-electron chi connectivity index (χ0n) is 10.4. The van der Waals surface area contributed by atoms with E-state index in [2.05, 4.69) is 4.90 Å². The Hall–Kier alpha value is -1.26. The molecular weight excluding hydrogens is 228 g/mol. The zero-order valence-corrected chi connectivity index (χ0v) is 10.4. The first-order chi connectivity index (χ1) is 8.63. The van der Waals surface area contributed by atoms with Crippen LogP contribution in [0.1, 0.15) is 31.2 Å². The average molecular weight is 248 g/mol. The largest absolute Gasteiger partial charge is 0.508 e. The summed E-state index contributed by atoms with van der Waals surface area (Å²) in [5.74, 6) is 0.296. The molecule has 0 aromatic heterocycles. The number of rotatable bonds is 2. The number of phenols is 2. The number of benzene rings is 1. The van der Waals surface area contributed by atoms with Gasteiger partial charge in [0.05, 0.1) is 0 Å². The van der Waals surface area contributed by atoms with Crippen LogP contribution in [0.15, 0.2) is 18.2 Å². The summed E-state index contributed by atoms with van der Waals surface area (Å²) in [6.07, 6.45) is 4.57. The molecule has 2 bridgehead atoms. The molecule has 0 radical (unpaired) electrons. The quantitative estimate of drug-likeness (QED) is 0.742. The number of phenolic OH excluding ortho intramolecular Hbond substituents is 2. The van der Waals surface area contributed by atoms with Crippen molar-refractivity contribution in [3.05, 3.63) is 23.8 Å². The van der Waals surface area contributed by atoms with Crippen LogP contribution in [0.2, 0.25) is 0 Å². The average Bonchev–Trinajstić information content (AvgIpc) is 2.56. The summed E-state index contributed by atoms with van der Waals surface area (Å²) in [7, 11) is 0. The minimum Gasteiger partial charge on any atom is -0.508 e. The van der Waals surface area contributed by atoms with Crippen molar-refractivity contribution in [2.75, 3.05) is 0 Å². The lowest BCUT2D eigenvalue weighted by molar-refractivity contribution is 0.119. The lowest BCUT2D eigenvalue weighted by Gasteiger charge is -2.37. The Morgan fingerprint density at radius 1 is 1.17 bits per heavy atom. The number of piperidine rings is 1. The van der Waals surface area contributed by atoms with Gasteiger partial charge in [0.2, 0.25) is 0 Å². The second-order valence-electron chi connectivity index (χ2n) is 5.60. The summed E-state index contributed by atoms with van der Waals surface area (Å²) < 4.78 is 0. The standard InChI is InChI=1S/C14H20N2O2/c15-10-5-11-2-3-12(6-10)16(11)8-9-1-4-13(17)7-14(9)18/h1,4,7,10-12,17-18H,2-3,5-6,8,15H2. The predicted octanol–water partition coefficient (Wildman–Crippen LogP) is 1.55. The summed E-state index contributed by atoms with van der Waals surface area (Å²) >= 11 is 0. The smallest absolute Gasteiger partial charge is 0.123 e. The van der Waals surface area contributed by atoms with E-state index in [0.29, 0.717) is 18.1 Å². The molecule has 0 amide bonds. The van der Waals surface area contributed by atoms with Gasteiger partial charge in [-0.2, -0.15) is 0 Å². The molecule has 4 N–H and O–H groups in total. The van der Waals surface area contributed by atoms with Gasteiger partial charge >= 0.3 is 0 Å². The van der Waals surface area contributed by atoms with Crippen LogP contribution in [-0.4, -0.2) is 33.2 Å². The molecule has 0 saturated carbocycles. The Balaban J connectivity index is 1.77. The van der Waals surface area contributed by atoms with Gasteiger partial charge in [0.15, 0.2) is 0 Å². The SMILES string of the molecule is NC1CC2CCC(C1)N2Cc1ccc(O)cc1O. The van der Waals surface area contributed by atoms with E-state index >= 15 is 0 Å². The van der Waals surface area contributed by atoms with Gasteiger partial charge in [0.25, 0.3) is 0 Å². The molecule has 18 heavy (non-hydrogen) atoms. The number of hydrogen-bond donors (Lipinski definition) is 3. The van der Waals surface area contributed by atoms with E-state index < -0.39 is 0 Å². The van der Waals surface area contributed by atoms with Gasteiger partial charge in [-0.15, -0.1) is 0 Å². The highest BCUT2D eigenvalue weighted by Gasteiger charge is 2.39. The first-order valence-corrected chi connectivity index (χ1v) is 6.65.